The molecule has 0 amide bonds. The molecular formula is C18H18F3NO2. The minimum Gasteiger partial charge on any atom is -0.394 e. The van der Waals surface area contributed by atoms with Gasteiger partial charge in [-0.2, -0.15) is 13.2 Å². The molecule has 0 saturated heterocycles. The Labute approximate surface area is 138 Å². The van der Waals surface area contributed by atoms with E-state index in [1.165, 1.54) is 6.07 Å². The van der Waals surface area contributed by atoms with Crippen LogP contribution in [0.4, 0.5) is 18.9 Å². The van der Waals surface area contributed by atoms with Crippen LogP contribution in [0.15, 0.2) is 48.5 Å². The summed E-state index contributed by atoms with van der Waals surface area (Å²) in [7, 11) is 0. The molecule has 1 aliphatic rings. The van der Waals surface area contributed by atoms with Gasteiger partial charge in [0.2, 0.25) is 0 Å². The summed E-state index contributed by atoms with van der Waals surface area (Å²) in [6.45, 7) is 0.0525. The molecule has 0 unspecified atom stereocenters. The Morgan fingerprint density at radius 2 is 1.83 bits per heavy atom. The summed E-state index contributed by atoms with van der Waals surface area (Å²) in [6.07, 6.45) is -4.88. The molecule has 128 valence electrons. The standard InChI is InChI=1S/C18H18F3NO2/c19-18(20,21)14-6-3-5-13(10-14)17(16(24)11-23)22-9-8-12-4-1-2-7-15(12)22/h1-7,10,16-17,23-24H,8-9,11H2/t16-,17+/m1/s1. The SMILES string of the molecule is OC[C@@H](O)[C@H](c1cccc(C(F)(F)F)c1)N1CCc2ccccc21. The van der Waals surface area contributed by atoms with E-state index in [0.717, 1.165) is 29.8 Å². The van der Waals surface area contributed by atoms with Crippen LogP contribution < -0.4 is 4.90 Å². The Hall–Kier alpha value is -2.05. The van der Waals surface area contributed by atoms with Crippen LogP contribution in [0.25, 0.3) is 0 Å². The van der Waals surface area contributed by atoms with Crippen molar-refractivity contribution in [2.24, 2.45) is 0 Å². The van der Waals surface area contributed by atoms with Gasteiger partial charge in [-0.25, -0.2) is 0 Å². The van der Waals surface area contributed by atoms with Crippen molar-refractivity contribution in [3.63, 3.8) is 0 Å². The van der Waals surface area contributed by atoms with E-state index in [2.05, 4.69) is 0 Å². The molecule has 2 atom stereocenters. The maximum absolute atomic E-state index is 13.0. The third-order valence-corrected chi connectivity index (χ3v) is 4.37. The summed E-state index contributed by atoms with van der Waals surface area (Å²) >= 11 is 0. The summed E-state index contributed by atoms with van der Waals surface area (Å²) < 4.78 is 39.0. The molecule has 2 N–H and O–H groups in total. The van der Waals surface area contributed by atoms with Gasteiger partial charge in [-0.3, -0.25) is 0 Å². The zero-order chi connectivity index (χ0) is 17.3. The van der Waals surface area contributed by atoms with Gasteiger partial charge in [0.15, 0.2) is 0 Å². The Morgan fingerprint density at radius 3 is 2.54 bits per heavy atom. The molecule has 2 aromatic rings. The molecule has 0 radical (unpaired) electrons. The number of hydrogen-bond acceptors (Lipinski definition) is 3. The molecule has 1 heterocycles. The van der Waals surface area contributed by atoms with Crippen LogP contribution in [0.3, 0.4) is 0 Å². The van der Waals surface area contributed by atoms with Crippen molar-refractivity contribution in [3.05, 3.63) is 65.2 Å². The highest BCUT2D eigenvalue weighted by molar-refractivity contribution is 5.59. The van der Waals surface area contributed by atoms with Crippen molar-refractivity contribution < 1.29 is 23.4 Å². The van der Waals surface area contributed by atoms with E-state index in [4.69, 9.17) is 0 Å². The van der Waals surface area contributed by atoms with E-state index in [0.29, 0.717) is 12.1 Å². The first-order valence-corrected chi connectivity index (χ1v) is 7.72. The summed E-state index contributed by atoms with van der Waals surface area (Å²) in [5, 5.41) is 19.7. The number of nitrogens with zero attached hydrogens (tertiary/aromatic N) is 1. The van der Waals surface area contributed by atoms with Gasteiger partial charge in [0.05, 0.1) is 18.2 Å². The minimum absolute atomic E-state index is 0.336. The Kier molecular flexibility index (Phi) is 4.51. The fourth-order valence-electron chi connectivity index (χ4n) is 3.26. The molecular weight excluding hydrogens is 319 g/mol. The second-order valence-electron chi connectivity index (χ2n) is 5.89. The summed E-state index contributed by atoms with van der Waals surface area (Å²) in [4.78, 5) is 1.87. The number of anilines is 1. The van der Waals surface area contributed by atoms with Crippen molar-refractivity contribution in [2.45, 2.75) is 24.7 Å². The predicted octanol–water partition coefficient (Wildman–Crippen LogP) is 3.16. The van der Waals surface area contributed by atoms with Crippen LogP contribution in [0.5, 0.6) is 0 Å². The second kappa shape index (κ2) is 6.45. The van der Waals surface area contributed by atoms with Crippen LogP contribution in [-0.2, 0) is 12.6 Å². The van der Waals surface area contributed by atoms with Gasteiger partial charge >= 0.3 is 6.18 Å². The highest BCUT2D eigenvalue weighted by atomic mass is 19.4. The van der Waals surface area contributed by atoms with Gasteiger partial charge in [-0.05, 0) is 35.7 Å². The maximum atomic E-state index is 13.0. The van der Waals surface area contributed by atoms with E-state index in [9.17, 15) is 23.4 Å². The molecule has 0 aliphatic carbocycles. The van der Waals surface area contributed by atoms with Crippen LogP contribution in [0.2, 0.25) is 0 Å². The van der Waals surface area contributed by atoms with Crippen molar-refractivity contribution in [3.8, 4) is 0 Å². The van der Waals surface area contributed by atoms with Gasteiger partial charge < -0.3 is 15.1 Å². The zero-order valence-electron chi connectivity index (χ0n) is 12.9. The number of aliphatic hydroxyl groups is 2. The molecule has 24 heavy (non-hydrogen) atoms. The first-order valence-electron chi connectivity index (χ1n) is 7.72. The number of para-hydroxylation sites is 1. The molecule has 3 rings (SSSR count). The van der Waals surface area contributed by atoms with E-state index >= 15 is 0 Å². The average molecular weight is 337 g/mol. The summed E-state index contributed by atoms with van der Waals surface area (Å²) in [5.41, 5.74) is 1.54. The number of alkyl halides is 3. The van der Waals surface area contributed by atoms with Gasteiger partial charge in [0, 0.05) is 12.2 Å². The summed E-state index contributed by atoms with van der Waals surface area (Å²) in [5.74, 6) is 0. The van der Waals surface area contributed by atoms with Crippen molar-refractivity contribution in [2.75, 3.05) is 18.1 Å². The lowest BCUT2D eigenvalue weighted by atomic mass is 9.97. The topological polar surface area (TPSA) is 43.7 Å². The molecule has 2 aromatic carbocycles. The van der Waals surface area contributed by atoms with Crippen molar-refractivity contribution in [1.82, 2.24) is 0 Å². The first kappa shape index (κ1) is 16.8. The number of halogens is 3. The molecule has 0 fully saturated rings. The van der Waals surface area contributed by atoms with Crippen LogP contribution >= 0.6 is 0 Å². The summed E-state index contributed by atoms with van der Waals surface area (Å²) in [6, 6.07) is 11.8. The third-order valence-electron chi connectivity index (χ3n) is 4.37. The Morgan fingerprint density at radius 1 is 1.08 bits per heavy atom. The molecule has 6 heteroatoms. The fourth-order valence-corrected chi connectivity index (χ4v) is 3.26. The maximum Gasteiger partial charge on any atom is 0.416 e. The number of hydrogen-bond donors (Lipinski definition) is 2. The molecule has 0 aromatic heterocycles. The number of aliphatic hydroxyl groups excluding tert-OH is 2. The quantitative estimate of drug-likeness (QED) is 0.901. The molecule has 1 aliphatic heterocycles. The van der Waals surface area contributed by atoms with Gasteiger partial charge in [0.1, 0.15) is 6.10 Å². The van der Waals surface area contributed by atoms with Crippen molar-refractivity contribution >= 4 is 5.69 Å². The van der Waals surface area contributed by atoms with E-state index in [1.54, 1.807) is 6.07 Å². The van der Waals surface area contributed by atoms with E-state index < -0.39 is 30.5 Å². The molecule has 0 spiro atoms. The lowest BCUT2D eigenvalue weighted by Crippen LogP contribution is -2.37. The molecule has 0 bridgehead atoms. The van der Waals surface area contributed by atoms with Crippen LogP contribution in [0.1, 0.15) is 22.7 Å². The highest BCUT2D eigenvalue weighted by Gasteiger charge is 2.35. The van der Waals surface area contributed by atoms with Gasteiger partial charge in [-0.15, -0.1) is 0 Å². The normalized spacial score (nSPS) is 16.8. The minimum atomic E-state index is -4.45. The highest BCUT2D eigenvalue weighted by Crippen LogP contribution is 2.38. The first-order chi connectivity index (χ1) is 11.4. The van der Waals surface area contributed by atoms with Crippen LogP contribution in [0, 0.1) is 0 Å². The Balaban J connectivity index is 2.03. The number of rotatable bonds is 4. The zero-order valence-corrected chi connectivity index (χ0v) is 12.9. The predicted molar refractivity (Wildman–Crippen MR) is 84.8 cm³/mol. The van der Waals surface area contributed by atoms with Gasteiger partial charge in [0.25, 0.3) is 0 Å². The fraction of sp³-hybridized carbons (Fsp3) is 0.333. The lowest BCUT2D eigenvalue weighted by molar-refractivity contribution is -0.137. The Bertz CT molecular complexity index is 717. The van der Waals surface area contributed by atoms with Gasteiger partial charge in [-0.1, -0.05) is 30.3 Å². The van der Waals surface area contributed by atoms with E-state index in [-0.39, 0.29) is 0 Å². The molecule has 3 nitrogen and oxygen atoms in total. The monoisotopic (exact) mass is 337 g/mol. The largest absolute Gasteiger partial charge is 0.416 e. The number of benzene rings is 2. The third kappa shape index (κ3) is 3.12. The van der Waals surface area contributed by atoms with Crippen molar-refractivity contribution in [1.29, 1.82) is 0 Å². The second-order valence-corrected chi connectivity index (χ2v) is 5.89. The number of fused-ring (bicyclic) bond motifs is 1. The van der Waals surface area contributed by atoms with E-state index in [1.807, 2.05) is 29.2 Å². The molecule has 0 saturated carbocycles. The average Bonchev–Trinajstić information content (AvgIpc) is 2.98. The van der Waals surface area contributed by atoms with Crippen LogP contribution in [-0.4, -0.2) is 29.5 Å². The lowest BCUT2D eigenvalue weighted by Gasteiger charge is -2.34. The smallest absolute Gasteiger partial charge is 0.394 e.